The van der Waals surface area contributed by atoms with E-state index in [0.29, 0.717) is 33.8 Å². The van der Waals surface area contributed by atoms with Gasteiger partial charge in [0.1, 0.15) is 17.6 Å². The van der Waals surface area contributed by atoms with Crippen molar-refractivity contribution in [3.05, 3.63) is 92.5 Å². The molecule has 0 aliphatic rings. The largest absolute Gasteiger partial charge is 0.354 e. The molecule has 4 rings (SSSR count). The first-order valence-electron chi connectivity index (χ1n) is 9.48. The van der Waals surface area contributed by atoms with Crippen molar-refractivity contribution in [1.82, 2.24) is 20.4 Å². The number of nitrogens with zero attached hydrogens (tertiary/aromatic N) is 4. The van der Waals surface area contributed by atoms with E-state index in [9.17, 15) is 9.59 Å². The lowest BCUT2D eigenvalue weighted by Gasteiger charge is -2.07. The average Bonchev–Trinajstić information content (AvgIpc) is 3.14. The smallest absolute Gasteiger partial charge is 0.280 e. The number of rotatable bonds is 6. The first kappa shape index (κ1) is 20.5. The van der Waals surface area contributed by atoms with Crippen molar-refractivity contribution in [3.63, 3.8) is 0 Å². The number of amides is 1. The molecule has 8 nitrogen and oxygen atoms in total. The van der Waals surface area contributed by atoms with E-state index in [1.165, 1.54) is 6.21 Å². The Morgan fingerprint density at radius 1 is 1.23 bits per heavy atom. The summed E-state index contributed by atoms with van der Waals surface area (Å²) in [6, 6.07) is 16.7. The third-order valence-corrected chi connectivity index (χ3v) is 4.81. The molecule has 1 N–H and O–H groups in total. The second-order valence-electron chi connectivity index (χ2n) is 6.89. The molecule has 0 radical (unpaired) electrons. The molecule has 0 saturated heterocycles. The van der Waals surface area contributed by atoms with E-state index in [-0.39, 0.29) is 6.54 Å². The highest BCUT2D eigenvalue weighted by molar-refractivity contribution is 6.30. The topological polar surface area (TPSA) is 102 Å². The van der Waals surface area contributed by atoms with Gasteiger partial charge in [0.2, 0.25) is 0 Å². The van der Waals surface area contributed by atoms with Gasteiger partial charge in [-0.3, -0.25) is 9.59 Å². The Bertz CT molecular complexity index is 1330. The summed E-state index contributed by atoms with van der Waals surface area (Å²) in [5, 5.41) is 13.1. The molecule has 0 atom stereocenters. The zero-order valence-electron chi connectivity index (χ0n) is 16.6. The summed E-state index contributed by atoms with van der Waals surface area (Å²) in [4.78, 5) is 25.2. The van der Waals surface area contributed by atoms with Crippen LogP contribution in [0.25, 0.3) is 11.0 Å². The molecule has 0 spiro atoms. The van der Waals surface area contributed by atoms with Gasteiger partial charge in [0, 0.05) is 11.4 Å². The Kier molecular flexibility index (Phi) is 5.90. The molecule has 0 unspecified atom stereocenters. The maximum atomic E-state index is 12.9. The molecule has 0 aliphatic carbocycles. The highest BCUT2D eigenvalue weighted by atomic mass is 35.5. The van der Waals surface area contributed by atoms with Crippen LogP contribution in [0.2, 0.25) is 5.02 Å². The minimum absolute atomic E-state index is 0.298. The summed E-state index contributed by atoms with van der Waals surface area (Å²) in [5.41, 5.74) is 4.99. The van der Waals surface area contributed by atoms with E-state index < -0.39 is 11.5 Å². The molecule has 156 valence electrons. The number of hydrogen-bond donors (Lipinski definition) is 1. The summed E-state index contributed by atoms with van der Waals surface area (Å²) < 4.78 is 6.46. The third kappa shape index (κ3) is 4.70. The quantitative estimate of drug-likeness (QED) is 0.370. The van der Waals surface area contributed by atoms with Crippen molar-refractivity contribution < 1.29 is 9.32 Å². The third-order valence-electron chi connectivity index (χ3n) is 4.57. The number of aryl methyl sites for hydroxylation is 1. The Morgan fingerprint density at radius 3 is 2.81 bits per heavy atom. The molecular weight excluding hydrogens is 418 g/mol. The number of hydrazone groups is 1. The maximum absolute atomic E-state index is 12.9. The van der Waals surface area contributed by atoms with Gasteiger partial charge in [0.25, 0.3) is 11.5 Å². The van der Waals surface area contributed by atoms with E-state index in [1.807, 2.05) is 30.3 Å². The van der Waals surface area contributed by atoms with E-state index in [4.69, 9.17) is 16.1 Å². The van der Waals surface area contributed by atoms with Crippen molar-refractivity contribution in [3.8, 4) is 0 Å². The highest BCUT2D eigenvalue weighted by Gasteiger charge is 2.19. The minimum Gasteiger partial charge on any atom is -0.354 e. The van der Waals surface area contributed by atoms with Crippen LogP contribution in [0.4, 0.5) is 0 Å². The van der Waals surface area contributed by atoms with E-state index in [0.717, 1.165) is 15.8 Å². The van der Waals surface area contributed by atoms with Gasteiger partial charge < -0.3 is 4.52 Å². The number of fused-ring (bicyclic) bond motifs is 1. The number of halogens is 1. The first-order valence-corrected chi connectivity index (χ1v) is 9.86. The zero-order valence-corrected chi connectivity index (χ0v) is 17.3. The Morgan fingerprint density at radius 2 is 2.03 bits per heavy atom. The molecule has 2 heterocycles. The summed E-state index contributed by atoms with van der Waals surface area (Å²) in [6.45, 7) is 1.38. The van der Waals surface area contributed by atoms with Crippen LogP contribution in [0.3, 0.4) is 0 Å². The lowest BCUT2D eigenvalue weighted by molar-refractivity contribution is -0.121. The van der Waals surface area contributed by atoms with E-state index in [1.54, 1.807) is 31.2 Å². The van der Waals surface area contributed by atoms with Gasteiger partial charge in [0.05, 0.1) is 11.9 Å². The second-order valence-corrected chi connectivity index (χ2v) is 7.33. The van der Waals surface area contributed by atoms with Gasteiger partial charge in [-0.1, -0.05) is 59.2 Å². The number of nitrogens with one attached hydrogen (secondary N) is 1. The maximum Gasteiger partial charge on any atom is 0.280 e. The molecule has 2 aromatic heterocycles. The number of hydrogen-bond acceptors (Lipinski definition) is 6. The number of carbonyl (C=O) groups is 1. The fourth-order valence-corrected chi connectivity index (χ4v) is 3.33. The van der Waals surface area contributed by atoms with Crippen LogP contribution in [0, 0.1) is 6.92 Å². The zero-order chi connectivity index (χ0) is 21.8. The van der Waals surface area contributed by atoms with Crippen LogP contribution in [-0.4, -0.2) is 27.1 Å². The fourth-order valence-electron chi connectivity index (χ4n) is 3.13. The van der Waals surface area contributed by atoms with Crippen LogP contribution in [0.5, 0.6) is 0 Å². The van der Waals surface area contributed by atoms with Gasteiger partial charge in [-0.25, -0.2) is 10.1 Å². The van der Waals surface area contributed by atoms with Crippen LogP contribution >= 0.6 is 11.6 Å². The molecule has 0 aliphatic heterocycles. The lowest BCUT2D eigenvalue weighted by Crippen LogP contribution is -2.32. The van der Waals surface area contributed by atoms with Crippen molar-refractivity contribution in [2.24, 2.45) is 5.10 Å². The molecule has 31 heavy (non-hydrogen) atoms. The SMILES string of the molecule is Cc1noc2c(Cc3ccccc3)nn(CC(=O)N/N=C/c3cccc(Cl)c3)c(=O)c12. The van der Waals surface area contributed by atoms with E-state index >= 15 is 0 Å². The average molecular weight is 436 g/mol. The number of aromatic nitrogens is 3. The summed E-state index contributed by atoms with van der Waals surface area (Å²) >= 11 is 5.93. The van der Waals surface area contributed by atoms with Gasteiger partial charge in [-0.2, -0.15) is 10.2 Å². The van der Waals surface area contributed by atoms with Crippen LogP contribution in [-0.2, 0) is 17.8 Å². The molecule has 2 aromatic carbocycles. The Labute approximate surface area is 182 Å². The van der Waals surface area contributed by atoms with Crippen LogP contribution in [0.1, 0.15) is 22.5 Å². The van der Waals surface area contributed by atoms with Gasteiger partial charge in [-0.05, 0) is 30.2 Å². The van der Waals surface area contributed by atoms with Crippen LogP contribution < -0.4 is 11.0 Å². The summed E-state index contributed by atoms with van der Waals surface area (Å²) in [5.74, 6) is -0.494. The molecule has 0 saturated carbocycles. The standard InChI is InChI=1S/C22H18ClN5O3/c1-14-20-21(31-27-14)18(11-15-6-3-2-4-7-15)26-28(22(20)30)13-19(29)25-24-12-16-8-5-9-17(23)10-16/h2-10,12H,11,13H2,1H3,(H,25,29)/b24-12+. The molecule has 4 aromatic rings. The number of carbonyl (C=O) groups excluding carboxylic acids is 1. The summed E-state index contributed by atoms with van der Waals surface area (Å²) in [6.07, 6.45) is 1.90. The van der Waals surface area contributed by atoms with Gasteiger partial charge in [0.15, 0.2) is 5.58 Å². The lowest BCUT2D eigenvalue weighted by atomic mass is 10.1. The van der Waals surface area contributed by atoms with Gasteiger partial charge in [-0.15, -0.1) is 0 Å². The minimum atomic E-state index is -0.494. The molecule has 0 bridgehead atoms. The van der Waals surface area contributed by atoms with E-state index in [2.05, 4.69) is 20.8 Å². The van der Waals surface area contributed by atoms with Crippen molar-refractivity contribution in [1.29, 1.82) is 0 Å². The Balaban J connectivity index is 1.58. The highest BCUT2D eigenvalue weighted by Crippen LogP contribution is 2.19. The molecule has 0 fully saturated rings. The predicted molar refractivity (Wildman–Crippen MR) is 117 cm³/mol. The normalized spacial score (nSPS) is 11.3. The molecule has 1 amide bonds. The van der Waals surface area contributed by atoms with Gasteiger partial charge >= 0.3 is 0 Å². The van der Waals surface area contributed by atoms with Crippen molar-refractivity contribution >= 4 is 34.7 Å². The van der Waals surface area contributed by atoms with Crippen LogP contribution in [0.15, 0.2) is 69.0 Å². The number of benzene rings is 2. The molecule has 9 heteroatoms. The first-order chi connectivity index (χ1) is 15.0. The molecular formula is C22H18ClN5O3. The van der Waals surface area contributed by atoms with Crippen molar-refractivity contribution in [2.75, 3.05) is 0 Å². The monoisotopic (exact) mass is 435 g/mol. The second kappa shape index (κ2) is 8.93. The Hall–Kier alpha value is -3.78. The fraction of sp³-hybridized carbons (Fsp3) is 0.136. The summed E-state index contributed by atoms with van der Waals surface area (Å²) in [7, 11) is 0. The predicted octanol–water partition coefficient (Wildman–Crippen LogP) is 3.09. The van der Waals surface area contributed by atoms with Crippen molar-refractivity contribution in [2.45, 2.75) is 19.9 Å².